The van der Waals surface area contributed by atoms with Crippen LogP contribution in [-0.4, -0.2) is 130 Å². The maximum Gasteiger partial charge on any atom is 0.246 e. The number of nitrogens with zero attached hydrogens (tertiary/aromatic N) is 2. The maximum absolute atomic E-state index is 15.1. The van der Waals surface area contributed by atoms with Crippen LogP contribution in [-0.2, 0) is 56.0 Å². The highest BCUT2D eigenvalue weighted by Gasteiger charge is 2.50. The molecule has 2 heterocycles. The monoisotopic (exact) mass is 1120 g/mol. The number of benzene rings is 2. The van der Waals surface area contributed by atoms with Gasteiger partial charge in [-0.3, -0.25) is 48.1 Å². The van der Waals surface area contributed by atoms with E-state index < -0.39 is 107 Å². The van der Waals surface area contributed by atoms with Crippen molar-refractivity contribution in [3.05, 3.63) is 71.8 Å². The molecular formula is C55H80N12O9S2. The number of carbonyl (C=O) groups is 9. The summed E-state index contributed by atoms with van der Waals surface area (Å²) in [7, 11) is 2.84. The highest BCUT2D eigenvalue weighted by atomic mass is 33.1. The van der Waals surface area contributed by atoms with Crippen molar-refractivity contribution in [1.29, 1.82) is 0 Å². The first kappa shape index (κ1) is 60.9. The van der Waals surface area contributed by atoms with Gasteiger partial charge in [-0.2, -0.15) is 0 Å². The lowest BCUT2D eigenvalue weighted by Gasteiger charge is -2.43. The van der Waals surface area contributed by atoms with Crippen LogP contribution in [0.4, 0.5) is 0 Å². The Balaban J connectivity index is 1.41. The van der Waals surface area contributed by atoms with Gasteiger partial charge in [0, 0.05) is 42.9 Å². The van der Waals surface area contributed by atoms with E-state index in [-0.39, 0.29) is 74.6 Å². The minimum atomic E-state index is -1.62. The van der Waals surface area contributed by atoms with Gasteiger partial charge >= 0.3 is 0 Å². The normalized spacial score (nSPS) is 25.1. The number of nitrogens with two attached hydrogens (primary N) is 4. The number of rotatable bonds is 18. The Kier molecular flexibility index (Phi) is 23.1. The lowest BCUT2D eigenvalue weighted by atomic mass is 9.76. The third-order valence-electron chi connectivity index (χ3n) is 15.7. The lowest BCUT2D eigenvalue weighted by molar-refractivity contribution is -0.142. The first-order valence-corrected chi connectivity index (χ1v) is 29.8. The topological polar surface area (TPSA) is 345 Å². The number of nitrogens with one attached hydrogen (secondary N) is 6. The molecule has 78 heavy (non-hydrogen) atoms. The van der Waals surface area contributed by atoms with Crippen LogP contribution in [0.25, 0.3) is 0 Å². The van der Waals surface area contributed by atoms with Crippen molar-refractivity contribution in [2.24, 2.45) is 45.7 Å². The molecule has 2 aliphatic heterocycles. The second-order valence-electron chi connectivity index (χ2n) is 21.3. The van der Waals surface area contributed by atoms with Crippen LogP contribution < -0.4 is 54.8 Å². The molecule has 4 fully saturated rings. The van der Waals surface area contributed by atoms with Crippen LogP contribution in [0.15, 0.2) is 65.7 Å². The molecule has 2 aromatic carbocycles. The first-order chi connectivity index (χ1) is 37.4. The first-order valence-electron chi connectivity index (χ1n) is 27.5. The SMILES string of the molecule is CC[C@H](C)[C@@H]1NC(=O)[C@H](Cc2ccccc2)NC(=O)[C@@H](Cc2ccccc2)NC(=O)CC(C2CCCC2)(C2CCCC2)SSC[C@@H](C(=O)N2CCC[C@@H]2C(=O)N[C@@H](CCCN=C(N)N)C(N)=O)NC(=O)[C@H](CC(N)=O)NC1=O. The number of aliphatic imine (C=N–C) groups is 1. The summed E-state index contributed by atoms with van der Waals surface area (Å²) in [5.74, 6) is -6.94. The fourth-order valence-electron chi connectivity index (χ4n) is 11.4. The number of likely N-dealkylation sites (tertiary alicyclic amines) is 1. The van der Waals surface area contributed by atoms with E-state index in [2.05, 4.69) is 36.9 Å². The van der Waals surface area contributed by atoms with Crippen molar-refractivity contribution in [1.82, 2.24) is 36.8 Å². The largest absolute Gasteiger partial charge is 0.370 e. The van der Waals surface area contributed by atoms with Crippen molar-refractivity contribution >= 4 is 80.7 Å². The highest BCUT2D eigenvalue weighted by molar-refractivity contribution is 8.77. The molecule has 426 valence electrons. The van der Waals surface area contributed by atoms with E-state index >= 15 is 9.59 Å². The molecule has 0 bridgehead atoms. The quantitative estimate of drug-likeness (QED) is 0.0441. The minimum absolute atomic E-state index is 0.0215. The minimum Gasteiger partial charge on any atom is -0.370 e. The fourth-order valence-corrected chi connectivity index (χ4v) is 15.2. The average Bonchev–Trinajstić information content (AvgIpc) is 4.37. The molecule has 0 aromatic heterocycles. The number of guanidine groups is 1. The van der Waals surface area contributed by atoms with E-state index in [4.69, 9.17) is 22.9 Å². The van der Waals surface area contributed by atoms with Gasteiger partial charge in [-0.05, 0) is 80.2 Å². The molecule has 14 N–H and O–H groups in total. The van der Waals surface area contributed by atoms with Crippen LogP contribution >= 0.6 is 21.6 Å². The fraction of sp³-hybridized carbons (Fsp3) is 0.600. The zero-order valence-electron chi connectivity index (χ0n) is 44.9. The second kappa shape index (κ2) is 29.6. The molecule has 2 aromatic rings. The van der Waals surface area contributed by atoms with Crippen molar-refractivity contribution in [3.63, 3.8) is 0 Å². The Labute approximate surface area is 465 Å². The van der Waals surface area contributed by atoms with E-state index in [0.29, 0.717) is 24.8 Å². The van der Waals surface area contributed by atoms with Gasteiger partial charge in [0.25, 0.3) is 0 Å². The summed E-state index contributed by atoms with van der Waals surface area (Å²) >= 11 is 0. The van der Waals surface area contributed by atoms with Gasteiger partial charge < -0.3 is 59.7 Å². The summed E-state index contributed by atoms with van der Waals surface area (Å²) in [6.07, 6.45) is 8.25. The third kappa shape index (κ3) is 17.1. The molecule has 2 aliphatic carbocycles. The van der Waals surface area contributed by atoms with Crippen molar-refractivity contribution in [2.75, 3.05) is 18.8 Å². The predicted octanol–water partition coefficient (Wildman–Crippen LogP) is 1.74. The molecule has 21 nitrogen and oxygen atoms in total. The van der Waals surface area contributed by atoms with Crippen molar-refractivity contribution in [2.45, 2.75) is 170 Å². The molecule has 8 atom stereocenters. The average molecular weight is 1120 g/mol. The Morgan fingerprint density at radius 3 is 1.82 bits per heavy atom. The van der Waals surface area contributed by atoms with E-state index in [0.717, 1.165) is 56.9 Å². The molecule has 2 saturated heterocycles. The smallest absolute Gasteiger partial charge is 0.246 e. The molecule has 0 radical (unpaired) electrons. The molecule has 0 unspecified atom stereocenters. The van der Waals surface area contributed by atoms with Gasteiger partial charge in [0.15, 0.2) is 5.96 Å². The van der Waals surface area contributed by atoms with Crippen LogP contribution in [0.3, 0.4) is 0 Å². The van der Waals surface area contributed by atoms with Crippen LogP contribution in [0, 0.1) is 17.8 Å². The van der Waals surface area contributed by atoms with Gasteiger partial charge in [-0.25, -0.2) is 0 Å². The zero-order chi connectivity index (χ0) is 56.4. The zero-order valence-corrected chi connectivity index (χ0v) is 46.5. The molecule has 23 heteroatoms. The number of primary amides is 2. The summed E-state index contributed by atoms with van der Waals surface area (Å²) in [6.45, 7) is 3.85. The van der Waals surface area contributed by atoms with E-state index in [1.54, 1.807) is 19.1 Å². The van der Waals surface area contributed by atoms with Gasteiger partial charge in [-0.15, -0.1) is 0 Å². The number of hydrogen-bond donors (Lipinski definition) is 10. The number of amides is 9. The van der Waals surface area contributed by atoms with Gasteiger partial charge in [0.2, 0.25) is 53.2 Å². The maximum atomic E-state index is 15.1. The van der Waals surface area contributed by atoms with E-state index in [1.807, 2.05) is 55.5 Å². The lowest BCUT2D eigenvalue weighted by Crippen LogP contribution is -2.62. The number of hydrogen-bond acceptors (Lipinski definition) is 12. The Morgan fingerprint density at radius 1 is 0.718 bits per heavy atom. The Hall–Kier alpha value is -6.36. The second-order valence-corrected chi connectivity index (χ2v) is 24.0. The number of carbonyl (C=O) groups excluding carboxylic acids is 9. The molecular weight excluding hydrogens is 1040 g/mol. The van der Waals surface area contributed by atoms with Crippen molar-refractivity contribution < 1.29 is 43.2 Å². The third-order valence-corrected chi connectivity index (χ3v) is 19.1. The van der Waals surface area contributed by atoms with E-state index in [1.165, 1.54) is 26.5 Å². The molecule has 4 aliphatic rings. The molecule has 0 spiro atoms. The van der Waals surface area contributed by atoms with Crippen LogP contribution in [0.2, 0.25) is 0 Å². The molecule has 9 amide bonds. The standard InChI is InChI=1S/C55H80N12O9S2/c1-3-33(2)46-52(75)64-41(30-44(56)68)49(72)65-42(53(76)67-27-15-25-43(67)51(74)62-38(47(57)70)24-14-26-60-54(58)59)32-77-78-55(36-20-10-11-21-36,37-22-12-13-23-37)31-45(69)61-39(28-34-16-6-4-7-17-34)48(71)63-40(50(73)66-46)29-35-18-8-5-9-19-35/h4-9,16-19,33,36-43,46H,3,10-15,20-32H2,1-2H3,(H2,56,68)(H2,57,70)(H,61,69)(H,62,74)(H,63,71)(H,64,75)(H,65,72)(H,66,73)(H4,58,59,60)/t33-,38-,39+,40-,41-,42-,43+,46-/m0/s1. The molecule has 6 rings (SSSR count). The summed E-state index contributed by atoms with van der Waals surface area (Å²) in [4.78, 5) is 133. The Morgan fingerprint density at radius 2 is 1.27 bits per heavy atom. The highest BCUT2D eigenvalue weighted by Crippen LogP contribution is 2.57. The van der Waals surface area contributed by atoms with Gasteiger partial charge in [0.05, 0.1) is 6.42 Å². The van der Waals surface area contributed by atoms with Crippen LogP contribution in [0.1, 0.15) is 121 Å². The van der Waals surface area contributed by atoms with Gasteiger partial charge in [0.1, 0.15) is 42.3 Å². The van der Waals surface area contributed by atoms with Crippen LogP contribution in [0.5, 0.6) is 0 Å². The van der Waals surface area contributed by atoms with E-state index in [9.17, 15) is 33.6 Å². The predicted molar refractivity (Wildman–Crippen MR) is 300 cm³/mol. The Bertz CT molecular complexity index is 2420. The van der Waals surface area contributed by atoms with Gasteiger partial charge in [-0.1, -0.05) is 128 Å². The molecule has 2 saturated carbocycles. The van der Waals surface area contributed by atoms with Crippen molar-refractivity contribution in [3.8, 4) is 0 Å². The summed E-state index contributed by atoms with van der Waals surface area (Å²) in [5, 5.41) is 17.1. The summed E-state index contributed by atoms with van der Waals surface area (Å²) in [6, 6.07) is 9.54. The summed E-state index contributed by atoms with van der Waals surface area (Å²) in [5.41, 5.74) is 23.8. The summed E-state index contributed by atoms with van der Waals surface area (Å²) < 4.78 is -0.682.